The van der Waals surface area contributed by atoms with Gasteiger partial charge >= 0.3 is 0 Å². The zero-order valence-electron chi connectivity index (χ0n) is 15.4. The van der Waals surface area contributed by atoms with Crippen molar-refractivity contribution in [3.05, 3.63) is 41.7 Å². The van der Waals surface area contributed by atoms with Crippen molar-refractivity contribution < 1.29 is 9.47 Å². The summed E-state index contributed by atoms with van der Waals surface area (Å²) < 4.78 is 10.9. The lowest BCUT2D eigenvalue weighted by atomic mass is 10.0. The first-order valence-corrected chi connectivity index (χ1v) is 8.56. The molecule has 1 aliphatic rings. The second kappa shape index (κ2) is 7.70. The van der Waals surface area contributed by atoms with E-state index in [0.717, 1.165) is 42.5 Å². The average molecular weight is 342 g/mol. The van der Waals surface area contributed by atoms with E-state index in [0.29, 0.717) is 6.04 Å². The molecule has 1 aromatic heterocycles. The minimum atomic E-state index is 0.342. The average Bonchev–Trinajstić information content (AvgIpc) is 3.09. The smallest absolute Gasteiger partial charge is 0.224 e. The summed E-state index contributed by atoms with van der Waals surface area (Å²) in [7, 11) is 7.28. The summed E-state index contributed by atoms with van der Waals surface area (Å²) in [5.74, 6) is 2.44. The summed E-state index contributed by atoms with van der Waals surface area (Å²) >= 11 is 0. The van der Waals surface area contributed by atoms with Crippen LogP contribution in [0.5, 0.6) is 11.5 Å². The van der Waals surface area contributed by atoms with Crippen LogP contribution in [-0.2, 0) is 6.54 Å². The molecule has 0 spiro atoms. The fraction of sp³-hybridized carbons (Fsp3) is 0.474. The Morgan fingerprint density at radius 1 is 1.16 bits per heavy atom. The zero-order chi connectivity index (χ0) is 17.8. The normalized spacial score (nSPS) is 17.5. The van der Waals surface area contributed by atoms with Crippen LogP contribution in [0.4, 0.5) is 5.95 Å². The number of aromatic nitrogens is 2. The van der Waals surface area contributed by atoms with Crippen LogP contribution in [0.15, 0.2) is 30.6 Å². The zero-order valence-corrected chi connectivity index (χ0v) is 15.4. The fourth-order valence-corrected chi connectivity index (χ4v) is 3.36. The van der Waals surface area contributed by atoms with Crippen LogP contribution in [0, 0.1) is 0 Å². The highest BCUT2D eigenvalue weighted by molar-refractivity contribution is 5.43. The van der Waals surface area contributed by atoms with Crippen molar-refractivity contribution in [1.29, 1.82) is 0 Å². The second-order valence-electron chi connectivity index (χ2n) is 6.52. The van der Waals surface area contributed by atoms with Crippen LogP contribution in [0.2, 0.25) is 0 Å². The number of ether oxygens (including phenoxy) is 2. The number of methoxy groups -OCH3 is 2. The molecule has 134 valence electrons. The van der Waals surface area contributed by atoms with Gasteiger partial charge in [0.25, 0.3) is 0 Å². The van der Waals surface area contributed by atoms with Gasteiger partial charge in [-0.15, -0.1) is 0 Å². The standard InChI is InChI=1S/C19H26N4O2/c1-22(2)19-20-11-14(12-21-19)13-23-9-5-6-17(23)16-8-7-15(24-3)10-18(16)25-4/h7-8,10-12,17H,5-6,9,13H2,1-4H3/t17-/m0/s1. The number of nitrogens with zero attached hydrogens (tertiary/aromatic N) is 4. The molecular formula is C19H26N4O2. The van der Waals surface area contributed by atoms with Gasteiger partial charge < -0.3 is 14.4 Å². The molecule has 0 amide bonds. The fourth-order valence-electron chi connectivity index (χ4n) is 3.36. The summed E-state index contributed by atoms with van der Waals surface area (Å²) in [4.78, 5) is 13.2. The van der Waals surface area contributed by atoms with Crippen LogP contribution in [0.3, 0.4) is 0 Å². The molecule has 1 saturated heterocycles. The Hall–Kier alpha value is -2.34. The predicted molar refractivity (Wildman–Crippen MR) is 98.3 cm³/mol. The van der Waals surface area contributed by atoms with Crippen molar-refractivity contribution >= 4 is 5.95 Å². The van der Waals surface area contributed by atoms with Gasteiger partial charge in [0.15, 0.2) is 0 Å². The highest BCUT2D eigenvalue weighted by Crippen LogP contribution is 2.39. The third-order valence-electron chi connectivity index (χ3n) is 4.64. The molecule has 25 heavy (non-hydrogen) atoms. The Bertz CT molecular complexity index is 703. The summed E-state index contributed by atoms with van der Waals surface area (Å²) in [6.07, 6.45) is 6.14. The van der Waals surface area contributed by atoms with Gasteiger partial charge in [0, 0.05) is 56.3 Å². The van der Waals surface area contributed by atoms with Gasteiger partial charge in [-0.25, -0.2) is 9.97 Å². The highest BCUT2D eigenvalue weighted by atomic mass is 16.5. The largest absolute Gasteiger partial charge is 0.497 e. The van der Waals surface area contributed by atoms with E-state index in [1.165, 1.54) is 12.0 Å². The van der Waals surface area contributed by atoms with Crippen molar-refractivity contribution in [2.75, 3.05) is 39.8 Å². The maximum atomic E-state index is 5.60. The molecule has 6 nitrogen and oxygen atoms in total. The van der Waals surface area contributed by atoms with Crippen LogP contribution in [0.25, 0.3) is 0 Å². The molecule has 1 atom stereocenters. The van der Waals surface area contributed by atoms with Gasteiger partial charge in [0.2, 0.25) is 5.95 Å². The summed E-state index contributed by atoms with van der Waals surface area (Å²) in [5.41, 5.74) is 2.34. The lowest BCUT2D eigenvalue weighted by Gasteiger charge is -2.26. The first kappa shape index (κ1) is 17.5. The van der Waals surface area contributed by atoms with Gasteiger partial charge in [0.1, 0.15) is 11.5 Å². The van der Waals surface area contributed by atoms with Crippen molar-refractivity contribution in [3.8, 4) is 11.5 Å². The van der Waals surface area contributed by atoms with E-state index in [1.807, 2.05) is 43.5 Å². The Kier molecular flexibility index (Phi) is 5.38. The van der Waals surface area contributed by atoms with Gasteiger partial charge in [-0.2, -0.15) is 0 Å². The second-order valence-corrected chi connectivity index (χ2v) is 6.52. The van der Waals surface area contributed by atoms with Crippen LogP contribution in [0.1, 0.15) is 30.0 Å². The maximum absolute atomic E-state index is 5.60. The van der Waals surface area contributed by atoms with Crippen LogP contribution >= 0.6 is 0 Å². The van der Waals surface area contributed by atoms with E-state index in [9.17, 15) is 0 Å². The number of anilines is 1. The van der Waals surface area contributed by atoms with Gasteiger partial charge in [-0.3, -0.25) is 4.90 Å². The number of benzene rings is 1. The number of likely N-dealkylation sites (tertiary alicyclic amines) is 1. The quantitative estimate of drug-likeness (QED) is 0.804. The Morgan fingerprint density at radius 3 is 2.56 bits per heavy atom. The van der Waals surface area contributed by atoms with E-state index in [-0.39, 0.29) is 0 Å². The SMILES string of the molecule is COc1ccc([C@@H]2CCCN2Cc2cnc(N(C)C)nc2)c(OC)c1. The molecule has 3 rings (SSSR count). The molecule has 6 heteroatoms. The van der Waals surface area contributed by atoms with Gasteiger partial charge in [-0.1, -0.05) is 6.07 Å². The minimum absolute atomic E-state index is 0.342. The van der Waals surface area contributed by atoms with E-state index in [2.05, 4.69) is 20.9 Å². The number of hydrogen-bond acceptors (Lipinski definition) is 6. The molecule has 1 fully saturated rings. The molecule has 0 saturated carbocycles. The molecule has 1 aromatic carbocycles. The number of hydrogen-bond donors (Lipinski definition) is 0. The van der Waals surface area contributed by atoms with E-state index in [4.69, 9.17) is 9.47 Å². The molecular weight excluding hydrogens is 316 g/mol. The molecule has 0 N–H and O–H groups in total. The Labute approximate surface area is 149 Å². The molecule has 2 aromatic rings. The molecule has 1 aliphatic heterocycles. The van der Waals surface area contributed by atoms with Gasteiger partial charge in [0.05, 0.1) is 14.2 Å². The maximum Gasteiger partial charge on any atom is 0.224 e. The van der Waals surface area contributed by atoms with Crippen LogP contribution in [-0.4, -0.2) is 49.7 Å². The molecule has 0 bridgehead atoms. The van der Waals surface area contributed by atoms with E-state index in [1.54, 1.807) is 14.2 Å². The topological polar surface area (TPSA) is 50.7 Å². The third kappa shape index (κ3) is 3.85. The van der Waals surface area contributed by atoms with E-state index >= 15 is 0 Å². The Balaban J connectivity index is 1.78. The van der Waals surface area contributed by atoms with Crippen molar-refractivity contribution in [1.82, 2.24) is 14.9 Å². The third-order valence-corrected chi connectivity index (χ3v) is 4.64. The van der Waals surface area contributed by atoms with E-state index < -0.39 is 0 Å². The summed E-state index contributed by atoms with van der Waals surface area (Å²) in [5, 5.41) is 0. The summed E-state index contributed by atoms with van der Waals surface area (Å²) in [6, 6.07) is 6.42. The van der Waals surface area contributed by atoms with Gasteiger partial charge in [-0.05, 0) is 25.5 Å². The predicted octanol–water partition coefficient (Wildman–Crippen LogP) is 2.90. The van der Waals surface area contributed by atoms with Crippen molar-refractivity contribution in [2.45, 2.75) is 25.4 Å². The van der Waals surface area contributed by atoms with Crippen molar-refractivity contribution in [2.24, 2.45) is 0 Å². The lowest BCUT2D eigenvalue weighted by Crippen LogP contribution is -2.23. The highest BCUT2D eigenvalue weighted by Gasteiger charge is 2.28. The summed E-state index contributed by atoms with van der Waals surface area (Å²) in [6.45, 7) is 1.91. The number of rotatable bonds is 6. The minimum Gasteiger partial charge on any atom is -0.497 e. The molecule has 0 aliphatic carbocycles. The Morgan fingerprint density at radius 2 is 1.92 bits per heavy atom. The molecule has 0 radical (unpaired) electrons. The van der Waals surface area contributed by atoms with Crippen LogP contribution < -0.4 is 14.4 Å². The monoisotopic (exact) mass is 342 g/mol. The molecule has 2 heterocycles. The first-order valence-electron chi connectivity index (χ1n) is 8.56. The lowest BCUT2D eigenvalue weighted by molar-refractivity contribution is 0.242. The molecule has 0 unspecified atom stereocenters. The first-order chi connectivity index (χ1) is 12.1. The van der Waals surface area contributed by atoms with Crippen molar-refractivity contribution in [3.63, 3.8) is 0 Å².